The number of halogens is 1. The van der Waals surface area contributed by atoms with Gasteiger partial charge in [0.25, 0.3) is 0 Å². The fraction of sp³-hybridized carbons (Fsp3) is 0.571. The Labute approximate surface area is 119 Å². The van der Waals surface area contributed by atoms with Gasteiger partial charge in [0.1, 0.15) is 18.5 Å². The third kappa shape index (κ3) is 5.37. The molecule has 1 aromatic carbocycles. The fourth-order valence-electron chi connectivity index (χ4n) is 1.56. The van der Waals surface area contributed by atoms with E-state index in [4.69, 9.17) is 21.1 Å². The van der Waals surface area contributed by atoms with Crippen molar-refractivity contribution in [3.63, 3.8) is 0 Å². The standard InChI is InChI=1S/C14H22ClNO3/c1-4-18-8-12(17)9-19-14-6-5-11(7-13(14)15)10(2)16-3/h5-7,10,12,16-17H,4,8-9H2,1-3H3. The minimum atomic E-state index is -0.646. The van der Waals surface area contributed by atoms with E-state index in [0.717, 1.165) is 5.56 Å². The van der Waals surface area contributed by atoms with Crippen molar-refractivity contribution < 1.29 is 14.6 Å². The van der Waals surface area contributed by atoms with Gasteiger partial charge in [0.15, 0.2) is 0 Å². The fourth-order valence-corrected chi connectivity index (χ4v) is 1.80. The van der Waals surface area contributed by atoms with Crippen LogP contribution in [0.4, 0.5) is 0 Å². The number of nitrogens with one attached hydrogen (secondary N) is 1. The Morgan fingerprint density at radius 1 is 1.37 bits per heavy atom. The summed E-state index contributed by atoms with van der Waals surface area (Å²) >= 11 is 6.15. The van der Waals surface area contributed by atoms with Gasteiger partial charge in [0, 0.05) is 12.6 Å². The van der Waals surface area contributed by atoms with Crippen molar-refractivity contribution in [2.75, 3.05) is 26.9 Å². The van der Waals surface area contributed by atoms with E-state index in [0.29, 0.717) is 17.4 Å². The van der Waals surface area contributed by atoms with Crippen LogP contribution in [0.3, 0.4) is 0 Å². The summed E-state index contributed by atoms with van der Waals surface area (Å²) in [6.07, 6.45) is -0.646. The molecule has 0 aliphatic rings. The summed E-state index contributed by atoms with van der Waals surface area (Å²) in [7, 11) is 1.90. The van der Waals surface area contributed by atoms with E-state index in [9.17, 15) is 5.11 Å². The highest BCUT2D eigenvalue weighted by Gasteiger charge is 2.10. The summed E-state index contributed by atoms with van der Waals surface area (Å²) in [5.41, 5.74) is 1.09. The zero-order valence-electron chi connectivity index (χ0n) is 11.6. The number of hydrogen-bond donors (Lipinski definition) is 2. The molecule has 0 bridgehead atoms. The molecule has 2 N–H and O–H groups in total. The summed E-state index contributed by atoms with van der Waals surface area (Å²) < 4.78 is 10.6. The van der Waals surface area contributed by atoms with Crippen molar-refractivity contribution in [1.82, 2.24) is 5.32 Å². The molecule has 0 fully saturated rings. The Morgan fingerprint density at radius 2 is 2.11 bits per heavy atom. The molecule has 2 unspecified atom stereocenters. The van der Waals surface area contributed by atoms with Gasteiger partial charge in [-0.2, -0.15) is 0 Å². The number of hydrogen-bond acceptors (Lipinski definition) is 4. The molecule has 0 aliphatic carbocycles. The lowest BCUT2D eigenvalue weighted by Crippen LogP contribution is -2.23. The predicted molar refractivity (Wildman–Crippen MR) is 76.9 cm³/mol. The van der Waals surface area contributed by atoms with Crippen molar-refractivity contribution in [2.24, 2.45) is 0 Å². The number of rotatable bonds is 8. The van der Waals surface area contributed by atoms with Gasteiger partial charge in [-0.15, -0.1) is 0 Å². The van der Waals surface area contributed by atoms with Crippen molar-refractivity contribution in [3.8, 4) is 5.75 Å². The summed E-state index contributed by atoms with van der Waals surface area (Å²) in [5, 5.41) is 13.3. The average Bonchev–Trinajstić information content (AvgIpc) is 2.42. The minimum absolute atomic E-state index is 0.167. The second-order valence-electron chi connectivity index (χ2n) is 4.32. The number of aliphatic hydroxyl groups is 1. The Balaban J connectivity index is 2.55. The SMILES string of the molecule is CCOCC(O)COc1ccc(C(C)NC)cc1Cl. The third-order valence-electron chi connectivity index (χ3n) is 2.83. The normalized spacial score (nSPS) is 14.2. The molecule has 1 rings (SSSR count). The molecule has 0 saturated heterocycles. The molecule has 1 aromatic rings. The van der Waals surface area contributed by atoms with Crippen molar-refractivity contribution in [2.45, 2.75) is 26.0 Å². The molecule has 5 heteroatoms. The van der Waals surface area contributed by atoms with Crippen LogP contribution in [0.25, 0.3) is 0 Å². The molecule has 0 amide bonds. The van der Waals surface area contributed by atoms with Gasteiger partial charge in [-0.1, -0.05) is 17.7 Å². The lowest BCUT2D eigenvalue weighted by Gasteiger charge is -2.15. The van der Waals surface area contributed by atoms with Crippen LogP contribution in [0.15, 0.2) is 18.2 Å². The highest BCUT2D eigenvalue weighted by molar-refractivity contribution is 6.32. The van der Waals surface area contributed by atoms with Crippen LogP contribution in [-0.4, -0.2) is 38.1 Å². The summed E-state index contributed by atoms with van der Waals surface area (Å²) in [6.45, 7) is 4.95. The van der Waals surface area contributed by atoms with E-state index in [1.807, 2.05) is 32.2 Å². The van der Waals surface area contributed by atoms with Crippen LogP contribution in [0.5, 0.6) is 5.75 Å². The van der Waals surface area contributed by atoms with Gasteiger partial charge in [-0.25, -0.2) is 0 Å². The Hall–Kier alpha value is -0.810. The van der Waals surface area contributed by atoms with Gasteiger partial charge in [-0.05, 0) is 38.6 Å². The maximum absolute atomic E-state index is 9.61. The molecular weight excluding hydrogens is 266 g/mol. The van der Waals surface area contributed by atoms with Crippen molar-refractivity contribution in [1.29, 1.82) is 0 Å². The molecule has 0 aliphatic heterocycles. The van der Waals surface area contributed by atoms with Crippen LogP contribution < -0.4 is 10.1 Å². The van der Waals surface area contributed by atoms with E-state index >= 15 is 0 Å². The molecule has 0 aromatic heterocycles. The number of benzene rings is 1. The highest BCUT2D eigenvalue weighted by Crippen LogP contribution is 2.27. The van der Waals surface area contributed by atoms with Gasteiger partial charge in [0.2, 0.25) is 0 Å². The molecule has 2 atom stereocenters. The Morgan fingerprint density at radius 3 is 2.68 bits per heavy atom. The van der Waals surface area contributed by atoms with Crippen LogP contribution in [0.2, 0.25) is 5.02 Å². The first-order chi connectivity index (χ1) is 9.08. The average molecular weight is 288 g/mol. The smallest absolute Gasteiger partial charge is 0.138 e. The number of aliphatic hydroxyl groups excluding tert-OH is 1. The summed E-state index contributed by atoms with van der Waals surface area (Å²) in [4.78, 5) is 0. The van der Waals surface area contributed by atoms with E-state index < -0.39 is 6.10 Å². The third-order valence-corrected chi connectivity index (χ3v) is 3.13. The first-order valence-corrected chi connectivity index (χ1v) is 6.81. The van der Waals surface area contributed by atoms with E-state index in [-0.39, 0.29) is 19.3 Å². The minimum Gasteiger partial charge on any atom is -0.489 e. The van der Waals surface area contributed by atoms with E-state index in [1.54, 1.807) is 0 Å². The highest BCUT2D eigenvalue weighted by atomic mass is 35.5. The predicted octanol–water partition coefficient (Wildman–Crippen LogP) is 2.40. The Kier molecular flexibility index (Phi) is 7.16. The molecular formula is C14H22ClNO3. The van der Waals surface area contributed by atoms with Crippen molar-refractivity contribution in [3.05, 3.63) is 28.8 Å². The molecule has 4 nitrogen and oxygen atoms in total. The zero-order chi connectivity index (χ0) is 14.3. The van der Waals surface area contributed by atoms with Crippen LogP contribution in [0.1, 0.15) is 25.5 Å². The molecule has 0 radical (unpaired) electrons. The van der Waals surface area contributed by atoms with Crippen LogP contribution in [0, 0.1) is 0 Å². The second kappa shape index (κ2) is 8.38. The molecule has 0 spiro atoms. The van der Waals surface area contributed by atoms with Crippen molar-refractivity contribution >= 4 is 11.6 Å². The van der Waals surface area contributed by atoms with Gasteiger partial charge < -0.3 is 19.9 Å². The zero-order valence-corrected chi connectivity index (χ0v) is 12.4. The number of ether oxygens (including phenoxy) is 2. The van der Waals surface area contributed by atoms with E-state index in [1.165, 1.54) is 0 Å². The second-order valence-corrected chi connectivity index (χ2v) is 4.73. The summed E-state index contributed by atoms with van der Waals surface area (Å²) in [5.74, 6) is 0.573. The molecule has 108 valence electrons. The quantitative estimate of drug-likeness (QED) is 0.771. The lowest BCUT2D eigenvalue weighted by atomic mass is 10.1. The topological polar surface area (TPSA) is 50.7 Å². The largest absolute Gasteiger partial charge is 0.489 e. The lowest BCUT2D eigenvalue weighted by molar-refractivity contribution is 0.0164. The molecule has 19 heavy (non-hydrogen) atoms. The first-order valence-electron chi connectivity index (χ1n) is 6.43. The molecule has 0 heterocycles. The Bertz CT molecular complexity index is 387. The maximum atomic E-state index is 9.61. The van der Waals surface area contributed by atoms with Crippen LogP contribution in [-0.2, 0) is 4.74 Å². The maximum Gasteiger partial charge on any atom is 0.138 e. The molecule has 0 saturated carbocycles. The summed E-state index contributed by atoms with van der Waals surface area (Å²) in [6, 6.07) is 5.87. The van der Waals surface area contributed by atoms with Gasteiger partial charge in [-0.3, -0.25) is 0 Å². The van der Waals surface area contributed by atoms with E-state index in [2.05, 4.69) is 12.2 Å². The van der Waals surface area contributed by atoms with Crippen LogP contribution >= 0.6 is 11.6 Å². The van der Waals surface area contributed by atoms with Gasteiger partial charge >= 0.3 is 0 Å². The first kappa shape index (κ1) is 16.2. The van der Waals surface area contributed by atoms with Gasteiger partial charge in [0.05, 0.1) is 11.6 Å². The monoisotopic (exact) mass is 287 g/mol.